The molecular formula is C14H17BrN4O. The van der Waals surface area contributed by atoms with Crippen molar-refractivity contribution < 1.29 is 5.11 Å². The fraction of sp³-hybridized carbons (Fsp3) is 0.286. The topological polar surface area (TPSA) is 61.3 Å². The summed E-state index contributed by atoms with van der Waals surface area (Å²) >= 11 is 3.43. The molecule has 0 radical (unpaired) electrons. The molecule has 5 nitrogen and oxygen atoms in total. The molecule has 2 aromatic rings. The molecule has 20 heavy (non-hydrogen) atoms. The second-order valence-electron chi connectivity index (χ2n) is 4.57. The number of hydrogen-bond donors (Lipinski definition) is 2. The van der Waals surface area contributed by atoms with E-state index >= 15 is 0 Å². The Bertz CT molecular complexity index is 577. The number of aliphatic hydroxyl groups is 1. The van der Waals surface area contributed by atoms with Gasteiger partial charge in [0.15, 0.2) is 0 Å². The minimum atomic E-state index is -0.608. The van der Waals surface area contributed by atoms with Gasteiger partial charge in [-0.1, -0.05) is 34.1 Å². The van der Waals surface area contributed by atoms with Crippen LogP contribution in [0, 0.1) is 0 Å². The normalized spacial score (nSPS) is 12.0. The molecule has 0 aliphatic rings. The summed E-state index contributed by atoms with van der Waals surface area (Å²) in [4.78, 5) is 10.2. The summed E-state index contributed by atoms with van der Waals surface area (Å²) in [5.41, 5.74) is 0.849. The Hall–Kier alpha value is -1.66. The van der Waals surface area contributed by atoms with Gasteiger partial charge >= 0.3 is 0 Å². The lowest BCUT2D eigenvalue weighted by Gasteiger charge is -2.15. The van der Waals surface area contributed by atoms with E-state index in [4.69, 9.17) is 0 Å². The van der Waals surface area contributed by atoms with Crippen LogP contribution in [0.5, 0.6) is 0 Å². The van der Waals surface area contributed by atoms with Gasteiger partial charge in [0.05, 0.1) is 6.10 Å². The van der Waals surface area contributed by atoms with E-state index in [0.717, 1.165) is 15.9 Å². The molecule has 0 fully saturated rings. The highest BCUT2D eigenvalue weighted by atomic mass is 79.9. The molecule has 1 atom stereocenters. The fourth-order valence-corrected chi connectivity index (χ4v) is 2.29. The van der Waals surface area contributed by atoms with Gasteiger partial charge in [-0.25, -0.2) is 9.97 Å². The van der Waals surface area contributed by atoms with Crippen LogP contribution in [0.1, 0.15) is 11.7 Å². The molecule has 0 saturated heterocycles. The molecular weight excluding hydrogens is 320 g/mol. The van der Waals surface area contributed by atoms with E-state index in [9.17, 15) is 5.11 Å². The van der Waals surface area contributed by atoms with Gasteiger partial charge in [0, 0.05) is 31.2 Å². The molecule has 0 bridgehead atoms. The van der Waals surface area contributed by atoms with Gasteiger partial charge in [-0.2, -0.15) is 0 Å². The summed E-state index contributed by atoms with van der Waals surface area (Å²) in [6.45, 7) is 0.381. The van der Waals surface area contributed by atoms with Crippen LogP contribution in [0.25, 0.3) is 0 Å². The molecule has 2 N–H and O–H groups in total. The first-order valence-electron chi connectivity index (χ1n) is 6.23. The molecule has 0 aliphatic carbocycles. The molecule has 1 aromatic carbocycles. The SMILES string of the molecule is CN(C)c1cc(NCC(O)c2ccccc2Br)ncn1. The molecule has 0 spiro atoms. The van der Waals surface area contributed by atoms with Crippen molar-refractivity contribution >= 4 is 27.6 Å². The first kappa shape index (κ1) is 14.7. The highest BCUT2D eigenvalue weighted by molar-refractivity contribution is 9.10. The average Bonchev–Trinajstić information content (AvgIpc) is 2.45. The van der Waals surface area contributed by atoms with Crippen molar-refractivity contribution in [1.82, 2.24) is 9.97 Å². The summed E-state index contributed by atoms with van der Waals surface area (Å²) in [5, 5.41) is 13.3. The molecule has 0 saturated carbocycles. The van der Waals surface area contributed by atoms with E-state index in [1.165, 1.54) is 6.33 Å². The minimum absolute atomic E-state index is 0.381. The number of benzene rings is 1. The highest BCUT2D eigenvalue weighted by Gasteiger charge is 2.11. The van der Waals surface area contributed by atoms with E-state index in [1.54, 1.807) is 0 Å². The molecule has 6 heteroatoms. The maximum atomic E-state index is 10.2. The Morgan fingerprint density at radius 3 is 2.75 bits per heavy atom. The van der Waals surface area contributed by atoms with E-state index in [2.05, 4.69) is 31.2 Å². The highest BCUT2D eigenvalue weighted by Crippen LogP contribution is 2.23. The second kappa shape index (κ2) is 6.67. The summed E-state index contributed by atoms with van der Waals surface area (Å²) in [7, 11) is 3.84. The molecule has 1 unspecified atom stereocenters. The average molecular weight is 337 g/mol. The Morgan fingerprint density at radius 2 is 2.05 bits per heavy atom. The van der Waals surface area contributed by atoms with Gasteiger partial charge in [-0.15, -0.1) is 0 Å². The Labute approximate surface area is 126 Å². The van der Waals surface area contributed by atoms with E-state index in [1.807, 2.05) is 49.3 Å². The molecule has 1 heterocycles. The molecule has 106 valence electrons. The number of hydrogen-bond acceptors (Lipinski definition) is 5. The van der Waals surface area contributed by atoms with Crippen LogP contribution in [0.3, 0.4) is 0 Å². The molecule has 0 amide bonds. The predicted octanol–water partition coefficient (Wildman–Crippen LogP) is 2.45. The van der Waals surface area contributed by atoms with Gasteiger partial charge in [0.25, 0.3) is 0 Å². The third-order valence-corrected chi connectivity index (χ3v) is 3.57. The summed E-state index contributed by atoms with van der Waals surface area (Å²) in [6, 6.07) is 9.46. The third kappa shape index (κ3) is 3.68. The number of aromatic nitrogens is 2. The zero-order valence-corrected chi connectivity index (χ0v) is 13.0. The van der Waals surface area contributed by atoms with Crippen molar-refractivity contribution in [3.63, 3.8) is 0 Å². The Morgan fingerprint density at radius 1 is 1.30 bits per heavy atom. The number of nitrogens with zero attached hydrogens (tertiary/aromatic N) is 3. The number of halogens is 1. The minimum Gasteiger partial charge on any atom is -0.387 e. The van der Waals surface area contributed by atoms with Crippen molar-refractivity contribution in [2.75, 3.05) is 30.9 Å². The van der Waals surface area contributed by atoms with Gasteiger partial charge in [0.1, 0.15) is 18.0 Å². The maximum absolute atomic E-state index is 10.2. The van der Waals surface area contributed by atoms with Gasteiger partial charge < -0.3 is 15.3 Å². The van der Waals surface area contributed by atoms with Crippen LogP contribution < -0.4 is 10.2 Å². The van der Waals surface area contributed by atoms with E-state index < -0.39 is 6.10 Å². The van der Waals surface area contributed by atoms with Crippen molar-refractivity contribution in [3.05, 3.63) is 46.7 Å². The lowest BCUT2D eigenvalue weighted by molar-refractivity contribution is 0.191. The Balaban J connectivity index is 2.02. The summed E-state index contributed by atoms with van der Waals surface area (Å²) in [5.74, 6) is 1.51. The largest absolute Gasteiger partial charge is 0.387 e. The van der Waals surface area contributed by atoms with Gasteiger partial charge in [-0.05, 0) is 11.6 Å². The summed E-state index contributed by atoms with van der Waals surface area (Å²) in [6.07, 6.45) is 0.894. The lowest BCUT2D eigenvalue weighted by Crippen LogP contribution is -2.15. The van der Waals surface area contributed by atoms with Crippen LogP contribution in [-0.2, 0) is 0 Å². The second-order valence-corrected chi connectivity index (χ2v) is 5.43. The standard InChI is InChI=1S/C14H17BrN4O/c1-19(2)14-7-13(17-9-18-14)16-8-12(20)10-5-3-4-6-11(10)15/h3-7,9,12,20H,8H2,1-2H3,(H,16,17,18). The van der Waals surface area contributed by atoms with Crippen LogP contribution >= 0.6 is 15.9 Å². The summed E-state index contributed by atoms with van der Waals surface area (Å²) < 4.78 is 0.894. The van der Waals surface area contributed by atoms with Gasteiger partial charge in [0.2, 0.25) is 0 Å². The predicted molar refractivity (Wildman–Crippen MR) is 84.0 cm³/mol. The van der Waals surface area contributed by atoms with Gasteiger partial charge in [-0.3, -0.25) is 0 Å². The zero-order chi connectivity index (χ0) is 14.5. The van der Waals surface area contributed by atoms with Crippen LogP contribution in [0.15, 0.2) is 41.1 Å². The van der Waals surface area contributed by atoms with Crippen molar-refractivity contribution in [1.29, 1.82) is 0 Å². The smallest absolute Gasteiger partial charge is 0.133 e. The fourth-order valence-electron chi connectivity index (χ4n) is 1.74. The molecule has 2 rings (SSSR count). The quantitative estimate of drug-likeness (QED) is 0.878. The van der Waals surface area contributed by atoms with Crippen LogP contribution in [-0.4, -0.2) is 35.7 Å². The maximum Gasteiger partial charge on any atom is 0.133 e. The molecule has 1 aromatic heterocycles. The third-order valence-electron chi connectivity index (χ3n) is 2.85. The van der Waals surface area contributed by atoms with Crippen LogP contribution in [0.4, 0.5) is 11.6 Å². The van der Waals surface area contributed by atoms with Crippen molar-refractivity contribution in [3.8, 4) is 0 Å². The van der Waals surface area contributed by atoms with Crippen molar-refractivity contribution in [2.24, 2.45) is 0 Å². The lowest BCUT2D eigenvalue weighted by atomic mass is 10.1. The number of rotatable bonds is 5. The van der Waals surface area contributed by atoms with Crippen molar-refractivity contribution in [2.45, 2.75) is 6.10 Å². The Kier molecular flexibility index (Phi) is 4.92. The first-order chi connectivity index (χ1) is 9.58. The first-order valence-corrected chi connectivity index (χ1v) is 7.03. The monoisotopic (exact) mass is 336 g/mol. The van der Waals surface area contributed by atoms with Crippen LogP contribution in [0.2, 0.25) is 0 Å². The zero-order valence-electron chi connectivity index (χ0n) is 11.4. The molecule has 0 aliphatic heterocycles. The number of anilines is 2. The number of aliphatic hydroxyl groups excluding tert-OH is 1. The number of nitrogens with one attached hydrogen (secondary N) is 1. The van der Waals surface area contributed by atoms with E-state index in [0.29, 0.717) is 12.4 Å². The van der Waals surface area contributed by atoms with E-state index in [-0.39, 0.29) is 0 Å².